The van der Waals surface area contributed by atoms with Crippen molar-refractivity contribution in [3.8, 4) is 0 Å². The lowest BCUT2D eigenvalue weighted by Gasteiger charge is -2.71. The summed E-state index contributed by atoms with van der Waals surface area (Å²) >= 11 is 0. The molecule has 0 aromatic rings. The van der Waals surface area contributed by atoms with Gasteiger partial charge in [-0.1, -0.05) is 59.6 Å². The molecule has 1 amide bonds. The third-order valence-corrected chi connectivity index (χ3v) is 18.4. The number of fused-ring (bicyclic) bond motifs is 7. The van der Waals surface area contributed by atoms with Crippen LogP contribution >= 0.6 is 0 Å². The van der Waals surface area contributed by atoms with Gasteiger partial charge in [-0.3, -0.25) is 9.59 Å². The predicted molar refractivity (Wildman–Crippen MR) is 223 cm³/mol. The molecule has 7 aliphatic rings. The third kappa shape index (κ3) is 7.96. The van der Waals surface area contributed by atoms with Crippen LogP contribution in [0, 0.1) is 50.2 Å². The Hall–Kier alpha value is -1.72. The molecule has 18 atom stereocenters. The van der Waals surface area contributed by atoms with Crippen molar-refractivity contribution in [3.63, 3.8) is 0 Å². The number of ether oxygens (including phenoxy) is 4. The first-order chi connectivity index (χ1) is 28.6. The van der Waals surface area contributed by atoms with Gasteiger partial charge in [-0.05, 0) is 123 Å². The average Bonchev–Trinajstić information content (AvgIpc) is 3.20. The van der Waals surface area contributed by atoms with Gasteiger partial charge in [0.2, 0.25) is 5.91 Å². The minimum atomic E-state index is -1.63. The summed E-state index contributed by atoms with van der Waals surface area (Å²) in [6, 6.07) is 0. The number of carbonyl (C=O) groups excluding carboxylic acids is 1. The minimum Gasteiger partial charge on any atom is -0.481 e. The van der Waals surface area contributed by atoms with Crippen molar-refractivity contribution < 1.29 is 64.3 Å². The van der Waals surface area contributed by atoms with E-state index in [-0.39, 0.29) is 59.0 Å². The summed E-state index contributed by atoms with van der Waals surface area (Å²) in [5.41, 5.74) is 0.0988. The normalized spacial score (nSPS) is 49.3. The van der Waals surface area contributed by atoms with E-state index in [4.69, 9.17) is 24.1 Å². The zero-order valence-corrected chi connectivity index (χ0v) is 37.7. The Morgan fingerprint density at radius 3 is 2.25 bits per heavy atom. The zero-order chi connectivity index (χ0) is 44.5. The van der Waals surface area contributed by atoms with Crippen molar-refractivity contribution in [2.24, 2.45) is 50.2 Å². The second-order valence-corrected chi connectivity index (χ2v) is 22.2. The SMILES string of the molecule is C[C@H]1O[C@@H](O[C@H]2[C@H](O[C@H]3CC[C@@]4(C)[C@@H](CC[C@]5(C)[C@@H]4CC=C4[C@@H]6CC(C)(C)CC[C@]6(C(=O)NCCCCCC(=O)O)CC[C@]45C)[C@]3(C)CO)OC[C@H](O)[C@@H]2O)[C@H](O)[C@H](O)[C@H]1O. The minimum absolute atomic E-state index is 0.0530. The number of rotatable bonds is 12. The standard InChI is InChI=1S/C47H77NO13/c1-26-34(53)36(55)37(56)39(59-26)61-38-35(54)29(50)24-58-40(38)60-32-15-16-43(4)30(44(32,5)25-49)14-17-46(7)31(43)13-12-27-28-23-42(2,3)18-20-47(28,21-19-45(27,46)6)41(57)48-22-10-8-9-11-33(51)52/h12,26,28-32,34-40,49-50,53-56H,8-11,13-25H2,1-7H3,(H,48,57)(H,51,52)/t26-,28+,29+,30-,31-,32+,34+,35+,36-,37-,38-,39+,40+,43+,44+,45-,46-,47+/m1/s1. The molecule has 0 unspecified atom stereocenters. The van der Waals surface area contributed by atoms with E-state index in [0.717, 1.165) is 70.6 Å². The predicted octanol–water partition coefficient (Wildman–Crippen LogP) is 4.20. The molecule has 0 bridgehead atoms. The maximum atomic E-state index is 14.4. The number of carboxylic acids is 1. The van der Waals surface area contributed by atoms with Crippen molar-refractivity contribution in [2.45, 2.75) is 200 Å². The van der Waals surface area contributed by atoms with Crippen molar-refractivity contribution in [1.82, 2.24) is 5.32 Å². The van der Waals surface area contributed by atoms with Crippen LogP contribution in [-0.2, 0) is 28.5 Å². The molecule has 5 aliphatic carbocycles. The number of carboxylic acid groups (broad SMARTS) is 1. The van der Waals surface area contributed by atoms with E-state index >= 15 is 0 Å². The van der Waals surface area contributed by atoms with E-state index in [2.05, 4.69) is 52.9 Å². The number of hydrogen-bond acceptors (Lipinski definition) is 12. The Kier molecular flexibility index (Phi) is 13.4. The Labute approximate surface area is 362 Å². The van der Waals surface area contributed by atoms with Crippen molar-refractivity contribution >= 4 is 11.9 Å². The van der Waals surface area contributed by atoms with Crippen LogP contribution in [0.1, 0.15) is 138 Å². The Bertz CT molecular complexity index is 1640. The summed E-state index contributed by atoms with van der Waals surface area (Å²) in [6.45, 7) is 15.9. The van der Waals surface area contributed by atoms with Gasteiger partial charge in [0.1, 0.15) is 36.6 Å². The Morgan fingerprint density at radius 2 is 1.54 bits per heavy atom. The molecule has 6 fully saturated rings. The second kappa shape index (κ2) is 17.3. The van der Waals surface area contributed by atoms with E-state index in [0.29, 0.717) is 25.3 Å². The molecule has 7 rings (SSSR count). The van der Waals surface area contributed by atoms with Crippen molar-refractivity contribution in [1.29, 1.82) is 0 Å². The number of amides is 1. The van der Waals surface area contributed by atoms with Crippen molar-refractivity contribution in [3.05, 3.63) is 11.6 Å². The lowest BCUT2D eigenvalue weighted by Crippen LogP contribution is -2.67. The van der Waals surface area contributed by atoms with Gasteiger partial charge in [0.15, 0.2) is 12.6 Å². The lowest BCUT2D eigenvalue weighted by molar-refractivity contribution is -0.365. The largest absolute Gasteiger partial charge is 0.481 e. The highest BCUT2D eigenvalue weighted by Gasteiger charge is 2.70. The molecule has 2 heterocycles. The molecule has 348 valence electrons. The van der Waals surface area contributed by atoms with Crippen LogP contribution in [-0.4, -0.2) is 129 Å². The second-order valence-electron chi connectivity index (χ2n) is 22.2. The average molecular weight is 864 g/mol. The van der Waals surface area contributed by atoms with Gasteiger partial charge in [-0.15, -0.1) is 0 Å². The highest BCUT2D eigenvalue weighted by molar-refractivity contribution is 5.84. The van der Waals surface area contributed by atoms with E-state index < -0.39 is 78.2 Å². The summed E-state index contributed by atoms with van der Waals surface area (Å²) in [4.78, 5) is 25.4. The number of aliphatic hydroxyl groups excluding tert-OH is 6. The van der Waals surface area contributed by atoms with Crippen LogP contribution in [0.25, 0.3) is 0 Å². The number of unbranched alkanes of at least 4 members (excludes halogenated alkanes) is 2. The van der Waals surface area contributed by atoms with Crippen LogP contribution in [0.3, 0.4) is 0 Å². The molecule has 0 radical (unpaired) electrons. The fourth-order valence-electron chi connectivity index (χ4n) is 14.3. The number of aliphatic carboxylic acids is 1. The third-order valence-electron chi connectivity index (χ3n) is 18.4. The smallest absolute Gasteiger partial charge is 0.303 e. The zero-order valence-electron chi connectivity index (χ0n) is 37.7. The maximum Gasteiger partial charge on any atom is 0.303 e. The number of aliphatic hydroxyl groups is 6. The van der Waals surface area contributed by atoms with Gasteiger partial charge < -0.3 is 60.0 Å². The fourth-order valence-corrected chi connectivity index (χ4v) is 14.3. The molecule has 2 saturated heterocycles. The molecule has 14 heteroatoms. The maximum absolute atomic E-state index is 14.4. The molecule has 0 aromatic carbocycles. The van der Waals surface area contributed by atoms with Gasteiger partial charge >= 0.3 is 5.97 Å². The number of allylic oxidation sites excluding steroid dienone is 2. The lowest BCUT2D eigenvalue weighted by atomic mass is 9.33. The van der Waals surface area contributed by atoms with Crippen LogP contribution in [0.15, 0.2) is 11.6 Å². The summed E-state index contributed by atoms with van der Waals surface area (Å²) < 4.78 is 24.5. The summed E-state index contributed by atoms with van der Waals surface area (Å²) in [5, 5.41) is 77.0. The van der Waals surface area contributed by atoms with E-state index in [1.54, 1.807) is 0 Å². The highest BCUT2D eigenvalue weighted by Crippen LogP contribution is 2.76. The van der Waals surface area contributed by atoms with Gasteiger partial charge in [-0.2, -0.15) is 0 Å². The summed E-state index contributed by atoms with van der Waals surface area (Å²) in [7, 11) is 0. The van der Waals surface area contributed by atoms with Crippen LogP contribution in [0.4, 0.5) is 0 Å². The van der Waals surface area contributed by atoms with Crippen molar-refractivity contribution in [2.75, 3.05) is 19.8 Å². The molecule has 2 aliphatic heterocycles. The summed E-state index contributed by atoms with van der Waals surface area (Å²) in [5.74, 6) is -0.0761. The number of nitrogens with one attached hydrogen (secondary N) is 1. The Balaban J connectivity index is 1.11. The summed E-state index contributed by atoms with van der Waals surface area (Å²) in [6.07, 6.45) is 1.03. The molecular weight excluding hydrogens is 787 g/mol. The molecular formula is C47H77NO13. The first kappa shape index (κ1) is 47.2. The first-order valence-electron chi connectivity index (χ1n) is 23.4. The van der Waals surface area contributed by atoms with Gasteiger partial charge in [0, 0.05) is 18.4 Å². The van der Waals surface area contributed by atoms with Gasteiger partial charge in [0.05, 0.1) is 30.8 Å². The molecule has 0 spiro atoms. The van der Waals surface area contributed by atoms with Crippen LogP contribution in [0.5, 0.6) is 0 Å². The van der Waals surface area contributed by atoms with Crippen LogP contribution in [0.2, 0.25) is 0 Å². The van der Waals surface area contributed by atoms with Gasteiger partial charge in [-0.25, -0.2) is 0 Å². The molecule has 8 N–H and O–H groups in total. The quantitative estimate of drug-likeness (QED) is 0.0784. The topological polar surface area (TPSA) is 225 Å². The number of carbonyl (C=O) groups is 2. The molecule has 14 nitrogen and oxygen atoms in total. The Morgan fingerprint density at radius 1 is 0.820 bits per heavy atom. The van der Waals surface area contributed by atoms with Crippen LogP contribution < -0.4 is 5.32 Å². The fraction of sp³-hybridized carbons (Fsp3) is 0.915. The first-order valence-corrected chi connectivity index (χ1v) is 23.4. The molecule has 4 saturated carbocycles. The van der Waals surface area contributed by atoms with Gasteiger partial charge in [0.25, 0.3) is 0 Å². The van der Waals surface area contributed by atoms with E-state index in [9.17, 15) is 40.2 Å². The number of hydrogen-bond donors (Lipinski definition) is 8. The highest BCUT2D eigenvalue weighted by atomic mass is 16.8. The van der Waals surface area contributed by atoms with E-state index in [1.807, 2.05) is 0 Å². The molecule has 0 aromatic heterocycles. The monoisotopic (exact) mass is 864 g/mol. The van der Waals surface area contributed by atoms with E-state index in [1.165, 1.54) is 12.5 Å². The molecule has 61 heavy (non-hydrogen) atoms.